The molecule has 0 bridgehead atoms. The minimum Gasteiger partial charge on any atom is -0.346 e. The first-order valence-corrected chi connectivity index (χ1v) is 12.3. The van der Waals surface area contributed by atoms with Crippen molar-refractivity contribution in [2.75, 3.05) is 11.0 Å². The highest BCUT2D eigenvalue weighted by Gasteiger charge is 2.14. The van der Waals surface area contributed by atoms with Gasteiger partial charge >= 0.3 is 0 Å². The van der Waals surface area contributed by atoms with Crippen molar-refractivity contribution in [1.82, 2.24) is 19.7 Å². The Bertz CT molecular complexity index is 1660. The van der Waals surface area contributed by atoms with Crippen LogP contribution in [0.1, 0.15) is 5.56 Å². The van der Waals surface area contributed by atoms with Crippen LogP contribution in [-0.4, -0.2) is 34.4 Å². The van der Waals surface area contributed by atoms with Gasteiger partial charge in [-0.05, 0) is 41.5 Å². The number of aromatic amines is 1. The number of pyridine rings is 1. The highest BCUT2D eigenvalue weighted by Crippen LogP contribution is 2.32. The molecule has 3 aromatic heterocycles. The maximum absolute atomic E-state index is 14.1. The summed E-state index contributed by atoms with van der Waals surface area (Å²) in [7, 11) is -3.65. The first kappa shape index (κ1) is 22.7. The quantitative estimate of drug-likeness (QED) is 0.348. The molecule has 0 fully saturated rings. The zero-order valence-electron chi connectivity index (χ0n) is 18.3. The van der Waals surface area contributed by atoms with Crippen LogP contribution in [0.25, 0.3) is 33.3 Å². The summed E-state index contributed by atoms with van der Waals surface area (Å²) < 4.78 is 68.0. The van der Waals surface area contributed by atoms with Crippen LogP contribution in [0.5, 0.6) is 0 Å². The monoisotopic (exact) mass is 497 g/mol. The van der Waals surface area contributed by atoms with E-state index in [1.807, 2.05) is 6.07 Å². The Balaban J connectivity index is 1.48. The van der Waals surface area contributed by atoms with Crippen LogP contribution in [-0.2, 0) is 16.6 Å². The lowest BCUT2D eigenvalue weighted by Gasteiger charge is -2.08. The average molecular weight is 498 g/mol. The highest BCUT2D eigenvalue weighted by molar-refractivity contribution is 7.92. The fourth-order valence-corrected chi connectivity index (χ4v) is 4.42. The van der Waals surface area contributed by atoms with Gasteiger partial charge in [-0.15, -0.1) is 0 Å². The van der Waals surface area contributed by atoms with Gasteiger partial charge in [0.1, 0.15) is 23.1 Å². The van der Waals surface area contributed by atoms with E-state index in [4.69, 9.17) is 0 Å². The molecule has 11 heteroatoms. The first-order chi connectivity index (χ1) is 16.6. The summed E-state index contributed by atoms with van der Waals surface area (Å²) in [6.07, 6.45) is 7.71. The molecule has 0 saturated carbocycles. The van der Waals surface area contributed by atoms with Gasteiger partial charge in [-0.3, -0.25) is 9.40 Å². The van der Waals surface area contributed by atoms with Gasteiger partial charge in [-0.2, -0.15) is 5.10 Å². The number of benzene rings is 2. The van der Waals surface area contributed by atoms with Crippen LogP contribution in [0.15, 0.2) is 67.3 Å². The summed E-state index contributed by atoms with van der Waals surface area (Å²) in [4.78, 5) is 7.52. The third-order valence-electron chi connectivity index (χ3n) is 5.34. The number of sulfonamides is 1. The second-order valence-electron chi connectivity index (χ2n) is 8.10. The van der Waals surface area contributed by atoms with Gasteiger partial charge in [0.2, 0.25) is 10.0 Å². The summed E-state index contributed by atoms with van der Waals surface area (Å²) in [6.45, 7) is 0.187. The first-order valence-electron chi connectivity index (χ1n) is 10.4. The SMILES string of the molecule is CS(=O)(=O)Nc1cc(-c2cnc3[nH]cc(-c4cnn(Cc5cc(F)cc(F)c5)c4)c3c2)ccc1F. The van der Waals surface area contributed by atoms with Crippen molar-refractivity contribution in [2.45, 2.75) is 6.54 Å². The van der Waals surface area contributed by atoms with Gasteiger partial charge in [0.25, 0.3) is 0 Å². The maximum Gasteiger partial charge on any atom is 0.229 e. The standard InChI is InChI=1S/C24H18F3N5O2S/c1-35(33,34)31-23-7-15(2-3-22(23)27)16-6-20-21(11-29-24(20)28-9-16)17-10-30-32(13-17)12-14-4-18(25)8-19(26)5-14/h2-11,13,31H,12H2,1H3,(H,28,29). The number of hydrogen-bond donors (Lipinski definition) is 2. The number of anilines is 1. The van der Waals surface area contributed by atoms with Crippen LogP contribution < -0.4 is 4.72 Å². The lowest BCUT2D eigenvalue weighted by atomic mass is 10.0. The predicted octanol–water partition coefficient (Wildman–Crippen LogP) is 4.93. The predicted molar refractivity (Wildman–Crippen MR) is 127 cm³/mol. The zero-order valence-corrected chi connectivity index (χ0v) is 19.1. The lowest BCUT2D eigenvalue weighted by Crippen LogP contribution is -2.10. The van der Waals surface area contributed by atoms with E-state index in [9.17, 15) is 21.6 Å². The average Bonchev–Trinajstić information content (AvgIpc) is 3.40. The Labute approximate surface area is 198 Å². The van der Waals surface area contributed by atoms with E-state index in [0.29, 0.717) is 22.3 Å². The van der Waals surface area contributed by atoms with Crippen LogP contribution in [0.3, 0.4) is 0 Å². The Hall–Kier alpha value is -4.12. The van der Waals surface area contributed by atoms with E-state index in [-0.39, 0.29) is 12.2 Å². The van der Waals surface area contributed by atoms with Crippen LogP contribution in [0, 0.1) is 17.5 Å². The Morgan fingerprint density at radius 3 is 2.49 bits per heavy atom. The molecule has 7 nitrogen and oxygen atoms in total. The topological polar surface area (TPSA) is 92.7 Å². The molecular weight excluding hydrogens is 479 g/mol. The molecule has 0 unspecified atom stereocenters. The van der Waals surface area contributed by atoms with E-state index < -0.39 is 27.5 Å². The van der Waals surface area contributed by atoms with Crippen molar-refractivity contribution in [2.24, 2.45) is 0 Å². The molecular formula is C24H18F3N5O2S. The van der Waals surface area contributed by atoms with Gasteiger partial charge in [-0.25, -0.2) is 26.6 Å². The van der Waals surface area contributed by atoms with Crippen molar-refractivity contribution in [3.05, 3.63) is 90.3 Å². The lowest BCUT2D eigenvalue weighted by molar-refractivity contribution is 0.574. The summed E-state index contributed by atoms with van der Waals surface area (Å²) in [5.74, 6) is -2.00. The number of fused-ring (bicyclic) bond motifs is 1. The van der Waals surface area contributed by atoms with Crippen LogP contribution >= 0.6 is 0 Å². The van der Waals surface area contributed by atoms with Gasteiger partial charge in [-0.1, -0.05) is 6.07 Å². The molecule has 5 rings (SSSR count). The summed E-state index contributed by atoms with van der Waals surface area (Å²) >= 11 is 0. The smallest absolute Gasteiger partial charge is 0.229 e. The van der Waals surface area contributed by atoms with Crippen molar-refractivity contribution in [3.8, 4) is 22.3 Å². The summed E-state index contributed by atoms with van der Waals surface area (Å²) in [5.41, 5.74) is 3.67. The van der Waals surface area contributed by atoms with Gasteiger partial charge in [0.05, 0.1) is 24.7 Å². The number of rotatable bonds is 6. The maximum atomic E-state index is 14.1. The summed E-state index contributed by atoms with van der Waals surface area (Å²) in [5, 5.41) is 5.06. The van der Waals surface area contributed by atoms with Crippen molar-refractivity contribution < 1.29 is 21.6 Å². The molecule has 0 aliphatic rings. The number of aromatic nitrogens is 4. The van der Waals surface area contributed by atoms with E-state index >= 15 is 0 Å². The minimum atomic E-state index is -3.65. The van der Waals surface area contributed by atoms with Crippen molar-refractivity contribution >= 4 is 26.7 Å². The van der Waals surface area contributed by atoms with Crippen LogP contribution in [0.2, 0.25) is 0 Å². The van der Waals surface area contributed by atoms with E-state index in [1.54, 1.807) is 29.5 Å². The minimum absolute atomic E-state index is 0.158. The number of hydrogen-bond acceptors (Lipinski definition) is 4. The van der Waals surface area contributed by atoms with Crippen molar-refractivity contribution in [3.63, 3.8) is 0 Å². The molecule has 0 radical (unpaired) electrons. The zero-order chi connectivity index (χ0) is 24.7. The normalized spacial score (nSPS) is 11.8. The highest BCUT2D eigenvalue weighted by atomic mass is 32.2. The fraction of sp³-hybridized carbons (Fsp3) is 0.0833. The Morgan fingerprint density at radius 1 is 0.971 bits per heavy atom. The second kappa shape index (κ2) is 8.58. The Kier molecular flexibility index (Phi) is 5.56. The molecule has 5 aromatic rings. The molecule has 0 atom stereocenters. The number of nitrogens with one attached hydrogen (secondary N) is 2. The van der Waals surface area contributed by atoms with Gasteiger partial charge < -0.3 is 4.98 Å². The molecule has 2 N–H and O–H groups in total. The molecule has 35 heavy (non-hydrogen) atoms. The Morgan fingerprint density at radius 2 is 1.74 bits per heavy atom. The summed E-state index contributed by atoms with van der Waals surface area (Å²) in [6, 6.07) is 9.30. The second-order valence-corrected chi connectivity index (χ2v) is 9.84. The fourth-order valence-electron chi connectivity index (χ4n) is 3.86. The third kappa shape index (κ3) is 4.90. The molecule has 0 saturated heterocycles. The van der Waals surface area contributed by atoms with Gasteiger partial charge in [0.15, 0.2) is 0 Å². The van der Waals surface area contributed by atoms with E-state index in [1.165, 1.54) is 30.3 Å². The van der Waals surface area contributed by atoms with E-state index in [0.717, 1.165) is 28.8 Å². The molecule has 0 aliphatic carbocycles. The molecule has 178 valence electrons. The molecule has 0 amide bonds. The number of nitrogens with zero attached hydrogens (tertiary/aromatic N) is 3. The van der Waals surface area contributed by atoms with Gasteiger partial charge in [0, 0.05) is 46.7 Å². The molecule has 3 heterocycles. The molecule has 2 aromatic carbocycles. The number of halogens is 3. The molecule has 0 spiro atoms. The van der Waals surface area contributed by atoms with E-state index in [2.05, 4.69) is 19.8 Å². The molecule has 0 aliphatic heterocycles. The third-order valence-corrected chi connectivity index (χ3v) is 5.93. The largest absolute Gasteiger partial charge is 0.346 e. The number of H-pyrrole nitrogens is 1. The van der Waals surface area contributed by atoms with Crippen LogP contribution in [0.4, 0.5) is 18.9 Å². The van der Waals surface area contributed by atoms with Crippen molar-refractivity contribution in [1.29, 1.82) is 0 Å².